The van der Waals surface area contributed by atoms with Gasteiger partial charge in [-0.2, -0.15) is 0 Å². The van der Waals surface area contributed by atoms with Crippen molar-refractivity contribution in [2.45, 2.75) is 19.4 Å². The fourth-order valence-corrected chi connectivity index (χ4v) is 1.69. The number of carbonyl (C=O) groups excluding carboxylic acids is 1. The van der Waals surface area contributed by atoms with E-state index in [-0.39, 0.29) is 18.0 Å². The van der Waals surface area contributed by atoms with Gasteiger partial charge in [-0.3, -0.25) is 4.79 Å². The van der Waals surface area contributed by atoms with Gasteiger partial charge in [-0.15, -0.1) is 0 Å². The lowest BCUT2D eigenvalue weighted by Crippen LogP contribution is -2.55. The van der Waals surface area contributed by atoms with Gasteiger partial charge in [0.05, 0.1) is 0 Å². The van der Waals surface area contributed by atoms with Crippen LogP contribution >= 0.6 is 0 Å². The van der Waals surface area contributed by atoms with E-state index in [1.807, 2.05) is 6.92 Å². The largest absolute Gasteiger partial charge is 0.390 e. The van der Waals surface area contributed by atoms with E-state index in [1.54, 1.807) is 4.90 Å². The van der Waals surface area contributed by atoms with E-state index < -0.39 is 0 Å². The van der Waals surface area contributed by atoms with Gasteiger partial charge in [0.15, 0.2) is 0 Å². The molecule has 0 bridgehead atoms. The SMILES string of the molecule is CCC1C(=O)NCCN1c1nnc(N)o1. The van der Waals surface area contributed by atoms with Crippen LogP contribution in [0.1, 0.15) is 13.3 Å². The molecule has 7 heteroatoms. The second-order valence-electron chi connectivity index (χ2n) is 3.33. The maximum Gasteiger partial charge on any atom is 0.320 e. The van der Waals surface area contributed by atoms with Crippen molar-refractivity contribution in [2.24, 2.45) is 0 Å². The van der Waals surface area contributed by atoms with Crippen LogP contribution in [0.5, 0.6) is 0 Å². The molecule has 1 aliphatic rings. The second kappa shape index (κ2) is 3.76. The Morgan fingerprint density at radius 3 is 3.07 bits per heavy atom. The molecule has 1 aliphatic heterocycles. The summed E-state index contributed by atoms with van der Waals surface area (Å²) < 4.78 is 5.10. The molecule has 0 saturated carbocycles. The lowest BCUT2D eigenvalue weighted by atomic mass is 10.1. The van der Waals surface area contributed by atoms with Gasteiger partial charge in [-0.25, -0.2) is 0 Å². The van der Waals surface area contributed by atoms with Crippen LogP contribution in [0.3, 0.4) is 0 Å². The van der Waals surface area contributed by atoms with Crippen molar-refractivity contribution < 1.29 is 9.21 Å². The minimum Gasteiger partial charge on any atom is -0.390 e. The molecule has 1 saturated heterocycles. The summed E-state index contributed by atoms with van der Waals surface area (Å²) in [6.45, 7) is 3.17. The zero-order valence-corrected chi connectivity index (χ0v) is 8.43. The molecule has 0 aromatic carbocycles. The lowest BCUT2D eigenvalue weighted by Gasteiger charge is -2.32. The molecule has 0 aliphatic carbocycles. The molecule has 0 spiro atoms. The minimum atomic E-state index is -0.251. The number of anilines is 2. The Morgan fingerprint density at radius 1 is 1.67 bits per heavy atom. The van der Waals surface area contributed by atoms with E-state index in [9.17, 15) is 4.79 Å². The van der Waals surface area contributed by atoms with Gasteiger partial charge in [-0.1, -0.05) is 17.1 Å². The van der Waals surface area contributed by atoms with E-state index in [1.165, 1.54) is 0 Å². The highest BCUT2D eigenvalue weighted by atomic mass is 16.4. The molecule has 1 aromatic rings. The number of nitrogens with one attached hydrogen (secondary N) is 1. The third kappa shape index (κ3) is 1.72. The number of amides is 1. The third-order valence-corrected chi connectivity index (χ3v) is 2.39. The maximum atomic E-state index is 11.5. The smallest absolute Gasteiger partial charge is 0.320 e. The van der Waals surface area contributed by atoms with Crippen LogP contribution in [0.2, 0.25) is 0 Å². The van der Waals surface area contributed by atoms with Gasteiger partial charge in [0.1, 0.15) is 6.04 Å². The van der Waals surface area contributed by atoms with E-state index in [2.05, 4.69) is 15.5 Å². The first-order valence-corrected chi connectivity index (χ1v) is 4.85. The van der Waals surface area contributed by atoms with Crippen LogP contribution in [0.15, 0.2) is 4.42 Å². The molecule has 1 fully saturated rings. The number of carbonyl (C=O) groups is 1. The average Bonchev–Trinajstić information content (AvgIpc) is 2.64. The standard InChI is InChI=1S/C8H13N5O2/c1-2-5-6(14)10-3-4-13(5)8-12-11-7(9)15-8/h5H,2-4H2,1H3,(H2,9,11)(H,10,14). The number of hydrogen-bond acceptors (Lipinski definition) is 6. The van der Waals surface area contributed by atoms with E-state index >= 15 is 0 Å². The number of hydrogen-bond donors (Lipinski definition) is 2. The van der Waals surface area contributed by atoms with Crippen molar-refractivity contribution in [1.82, 2.24) is 15.5 Å². The van der Waals surface area contributed by atoms with Gasteiger partial charge in [-0.05, 0) is 6.42 Å². The van der Waals surface area contributed by atoms with Crippen LogP contribution in [0.4, 0.5) is 12.0 Å². The van der Waals surface area contributed by atoms with Gasteiger partial charge in [0.25, 0.3) is 0 Å². The first kappa shape index (κ1) is 9.75. The molecule has 0 radical (unpaired) electrons. The molecule has 2 heterocycles. The van der Waals surface area contributed by atoms with Crippen molar-refractivity contribution in [3.63, 3.8) is 0 Å². The van der Waals surface area contributed by atoms with Crippen LogP contribution in [0.25, 0.3) is 0 Å². The molecular weight excluding hydrogens is 198 g/mol. The molecule has 1 atom stereocenters. The number of nitrogen functional groups attached to an aromatic ring is 1. The van der Waals surface area contributed by atoms with Crippen molar-refractivity contribution in [1.29, 1.82) is 0 Å². The normalized spacial score (nSPS) is 21.5. The van der Waals surface area contributed by atoms with Gasteiger partial charge < -0.3 is 20.4 Å². The average molecular weight is 211 g/mol. The summed E-state index contributed by atoms with van der Waals surface area (Å²) in [5, 5.41) is 10.1. The van der Waals surface area contributed by atoms with Crippen LogP contribution in [-0.2, 0) is 4.79 Å². The van der Waals surface area contributed by atoms with E-state index in [0.29, 0.717) is 25.5 Å². The highest BCUT2D eigenvalue weighted by Gasteiger charge is 2.31. The highest BCUT2D eigenvalue weighted by Crippen LogP contribution is 2.19. The molecule has 82 valence electrons. The van der Waals surface area contributed by atoms with Crippen LogP contribution in [-0.4, -0.2) is 35.2 Å². The zero-order valence-electron chi connectivity index (χ0n) is 8.43. The monoisotopic (exact) mass is 211 g/mol. The molecule has 15 heavy (non-hydrogen) atoms. The topological polar surface area (TPSA) is 97.3 Å². The fraction of sp³-hybridized carbons (Fsp3) is 0.625. The highest BCUT2D eigenvalue weighted by molar-refractivity contribution is 5.85. The second-order valence-corrected chi connectivity index (χ2v) is 3.33. The summed E-state index contributed by atoms with van der Waals surface area (Å²) in [4.78, 5) is 13.3. The fourth-order valence-electron chi connectivity index (χ4n) is 1.69. The molecule has 1 unspecified atom stereocenters. The lowest BCUT2D eigenvalue weighted by molar-refractivity contribution is -0.123. The molecule has 1 aromatic heterocycles. The first-order valence-electron chi connectivity index (χ1n) is 4.85. The quantitative estimate of drug-likeness (QED) is 0.675. The number of piperazine rings is 1. The van der Waals surface area contributed by atoms with Crippen molar-refractivity contribution in [3.05, 3.63) is 0 Å². The summed E-state index contributed by atoms with van der Waals surface area (Å²) in [5.41, 5.74) is 5.34. The zero-order chi connectivity index (χ0) is 10.8. The Hall–Kier alpha value is -1.79. The maximum absolute atomic E-state index is 11.5. The number of rotatable bonds is 2. The summed E-state index contributed by atoms with van der Waals surface area (Å²) in [6.07, 6.45) is 0.689. The Morgan fingerprint density at radius 2 is 2.47 bits per heavy atom. The van der Waals surface area contributed by atoms with Crippen molar-refractivity contribution in [2.75, 3.05) is 23.7 Å². The molecular formula is C8H13N5O2. The molecule has 1 amide bonds. The van der Waals surface area contributed by atoms with Crippen LogP contribution in [0, 0.1) is 0 Å². The van der Waals surface area contributed by atoms with Gasteiger partial charge in [0, 0.05) is 13.1 Å². The Balaban J connectivity index is 2.22. The Kier molecular flexibility index (Phi) is 2.44. The summed E-state index contributed by atoms with van der Waals surface area (Å²) in [5.74, 6) is -0.0134. The molecule has 2 rings (SSSR count). The summed E-state index contributed by atoms with van der Waals surface area (Å²) in [6, 6.07) is 0.0821. The molecule has 3 N–H and O–H groups in total. The summed E-state index contributed by atoms with van der Waals surface area (Å²) >= 11 is 0. The molecule has 7 nitrogen and oxygen atoms in total. The van der Waals surface area contributed by atoms with Gasteiger partial charge in [0.2, 0.25) is 5.91 Å². The van der Waals surface area contributed by atoms with Crippen LogP contribution < -0.4 is 16.0 Å². The van der Waals surface area contributed by atoms with Crippen molar-refractivity contribution in [3.8, 4) is 0 Å². The number of nitrogens with two attached hydrogens (primary N) is 1. The van der Waals surface area contributed by atoms with Gasteiger partial charge >= 0.3 is 12.0 Å². The predicted octanol–water partition coefficient (Wildman–Crippen LogP) is -0.633. The first-order chi connectivity index (χ1) is 7.22. The van der Waals surface area contributed by atoms with Crippen molar-refractivity contribution >= 4 is 17.9 Å². The van der Waals surface area contributed by atoms with E-state index in [0.717, 1.165) is 0 Å². The number of nitrogens with zero attached hydrogens (tertiary/aromatic N) is 3. The Labute approximate surface area is 86.6 Å². The summed E-state index contributed by atoms with van der Waals surface area (Å²) in [7, 11) is 0. The minimum absolute atomic E-state index is 0.0134. The Bertz CT molecular complexity index is 364. The predicted molar refractivity (Wildman–Crippen MR) is 53.1 cm³/mol. The van der Waals surface area contributed by atoms with E-state index in [4.69, 9.17) is 10.2 Å². The number of aromatic nitrogens is 2. The third-order valence-electron chi connectivity index (χ3n) is 2.39.